The van der Waals surface area contributed by atoms with Crippen LogP contribution in [-0.4, -0.2) is 28.6 Å². The van der Waals surface area contributed by atoms with Gasteiger partial charge in [-0.15, -0.1) is 11.3 Å². The first kappa shape index (κ1) is 21.3. The van der Waals surface area contributed by atoms with Crippen LogP contribution in [-0.2, 0) is 40.1 Å². The third-order valence-electron chi connectivity index (χ3n) is 5.67. The molecular formula is C25H23N3O4S. The minimum atomic E-state index is -0.527. The highest BCUT2D eigenvalue weighted by atomic mass is 32.1. The summed E-state index contributed by atoms with van der Waals surface area (Å²) in [5.41, 5.74) is 3.18. The van der Waals surface area contributed by atoms with E-state index < -0.39 is 5.97 Å². The number of aromatic nitrogens is 2. The Labute approximate surface area is 195 Å². The Morgan fingerprint density at radius 3 is 2.67 bits per heavy atom. The molecule has 1 amide bonds. The fourth-order valence-electron chi connectivity index (χ4n) is 3.96. The van der Waals surface area contributed by atoms with Crippen LogP contribution in [0.5, 0.6) is 0 Å². The van der Waals surface area contributed by atoms with Crippen LogP contribution in [0, 0.1) is 0 Å². The molecule has 0 bridgehead atoms. The number of hydrogen-bond acceptors (Lipinski definition) is 7. The second kappa shape index (κ2) is 9.54. The van der Waals surface area contributed by atoms with Gasteiger partial charge in [-0.2, -0.15) is 0 Å². The first-order chi connectivity index (χ1) is 16.2. The van der Waals surface area contributed by atoms with Gasteiger partial charge in [0.25, 0.3) is 5.91 Å². The van der Waals surface area contributed by atoms with Crippen LogP contribution in [0.2, 0.25) is 0 Å². The number of carbonyl (C=O) groups excluding carboxylic acids is 2. The molecule has 1 aliphatic carbocycles. The molecule has 0 N–H and O–H groups in total. The third-order valence-corrected chi connectivity index (χ3v) is 6.85. The number of thiazole rings is 1. The topological polar surface area (TPSA) is 85.5 Å². The first-order valence-electron chi connectivity index (χ1n) is 11.0. The number of anilines is 1. The van der Waals surface area contributed by atoms with E-state index >= 15 is 0 Å². The average Bonchev–Trinajstić information content (AvgIpc) is 3.46. The van der Waals surface area contributed by atoms with Gasteiger partial charge in [-0.05, 0) is 43.4 Å². The molecular weight excluding hydrogens is 438 g/mol. The Bertz CT molecular complexity index is 1260. The van der Waals surface area contributed by atoms with E-state index in [4.69, 9.17) is 14.2 Å². The van der Waals surface area contributed by atoms with E-state index in [9.17, 15) is 9.59 Å². The number of amides is 1. The molecule has 0 saturated carbocycles. The number of rotatable bonds is 7. The van der Waals surface area contributed by atoms with Crippen LogP contribution < -0.4 is 4.90 Å². The van der Waals surface area contributed by atoms with Gasteiger partial charge in [-0.25, -0.2) is 4.98 Å². The maximum atomic E-state index is 13.2. The zero-order valence-electron chi connectivity index (χ0n) is 18.0. The molecule has 0 radical (unpaired) electrons. The summed E-state index contributed by atoms with van der Waals surface area (Å²) in [7, 11) is 0. The largest absolute Gasteiger partial charge is 0.455 e. The van der Waals surface area contributed by atoms with Crippen LogP contribution in [0.25, 0.3) is 11.0 Å². The second-order valence-corrected chi connectivity index (χ2v) is 9.06. The van der Waals surface area contributed by atoms with Gasteiger partial charge in [0.1, 0.15) is 5.69 Å². The van der Waals surface area contributed by atoms with Crippen molar-refractivity contribution in [2.45, 2.75) is 38.6 Å². The van der Waals surface area contributed by atoms with Gasteiger partial charge in [0.05, 0.1) is 18.7 Å². The lowest BCUT2D eigenvalue weighted by molar-refractivity contribution is -0.147. The Balaban J connectivity index is 1.29. The summed E-state index contributed by atoms with van der Waals surface area (Å²) in [5, 5.41) is 5.38. The molecule has 2 aromatic heterocycles. The normalized spacial score (nSPS) is 13.0. The lowest BCUT2D eigenvalue weighted by Gasteiger charge is -2.20. The van der Waals surface area contributed by atoms with Crippen molar-refractivity contribution in [2.75, 3.05) is 11.5 Å². The van der Waals surface area contributed by atoms with Crippen molar-refractivity contribution in [1.82, 2.24) is 10.1 Å². The lowest BCUT2D eigenvalue weighted by Crippen LogP contribution is -2.34. The number of fused-ring (bicyclic) bond motifs is 2. The Morgan fingerprint density at radius 1 is 1.03 bits per heavy atom. The highest BCUT2D eigenvalue weighted by Crippen LogP contribution is 2.32. The molecule has 2 heterocycles. The van der Waals surface area contributed by atoms with Crippen LogP contribution >= 0.6 is 11.3 Å². The van der Waals surface area contributed by atoms with Crippen LogP contribution in [0.4, 0.5) is 5.13 Å². The number of para-hydroxylation sites is 1. The molecule has 4 aromatic rings. The molecule has 0 unspecified atom stereocenters. The molecule has 168 valence electrons. The molecule has 0 atom stereocenters. The number of hydrogen-bond donors (Lipinski definition) is 0. The molecule has 7 nitrogen and oxygen atoms in total. The highest BCUT2D eigenvalue weighted by molar-refractivity contribution is 7.15. The maximum Gasteiger partial charge on any atom is 0.312 e. The molecule has 0 saturated heterocycles. The quantitative estimate of drug-likeness (QED) is 0.377. The predicted octanol–water partition coefficient (Wildman–Crippen LogP) is 4.48. The first-order valence-corrected chi connectivity index (χ1v) is 11.8. The number of ether oxygens (including phenoxy) is 1. The van der Waals surface area contributed by atoms with E-state index in [0.717, 1.165) is 42.3 Å². The van der Waals surface area contributed by atoms with Gasteiger partial charge in [-0.1, -0.05) is 47.6 Å². The van der Waals surface area contributed by atoms with Gasteiger partial charge in [-0.3, -0.25) is 14.5 Å². The monoisotopic (exact) mass is 461 g/mol. The lowest BCUT2D eigenvalue weighted by atomic mass is 10.0. The Morgan fingerprint density at radius 2 is 1.82 bits per heavy atom. The third kappa shape index (κ3) is 4.80. The average molecular weight is 462 g/mol. The zero-order valence-corrected chi connectivity index (χ0v) is 18.8. The molecule has 2 aromatic carbocycles. The molecule has 5 rings (SSSR count). The van der Waals surface area contributed by atoms with E-state index in [0.29, 0.717) is 23.0 Å². The minimum absolute atomic E-state index is 0.0610. The number of esters is 1. The van der Waals surface area contributed by atoms with E-state index in [1.54, 1.807) is 22.3 Å². The Hall–Kier alpha value is -3.52. The van der Waals surface area contributed by atoms with Crippen molar-refractivity contribution in [2.24, 2.45) is 0 Å². The summed E-state index contributed by atoms with van der Waals surface area (Å²) in [5.74, 6) is -0.830. The molecule has 0 fully saturated rings. The fourth-order valence-corrected chi connectivity index (χ4v) is 5.12. The van der Waals surface area contributed by atoms with Crippen molar-refractivity contribution in [1.29, 1.82) is 0 Å². The number of aryl methyl sites for hydroxylation is 2. The zero-order chi connectivity index (χ0) is 22.6. The van der Waals surface area contributed by atoms with E-state index in [-0.39, 0.29) is 18.9 Å². The molecule has 8 heteroatoms. The number of carbonyl (C=O) groups is 2. The van der Waals surface area contributed by atoms with Gasteiger partial charge >= 0.3 is 5.97 Å². The predicted molar refractivity (Wildman–Crippen MR) is 125 cm³/mol. The second-order valence-electron chi connectivity index (χ2n) is 8.00. The van der Waals surface area contributed by atoms with Gasteiger partial charge < -0.3 is 9.26 Å². The summed E-state index contributed by atoms with van der Waals surface area (Å²) in [6.45, 7) is 0.0171. The van der Waals surface area contributed by atoms with E-state index in [2.05, 4.69) is 5.16 Å². The molecule has 1 aliphatic rings. The summed E-state index contributed by atoms with van der Waals surface area (Å²) in [4.78, 5) is 33.2. The van der Waals surface area contributed by atoms with Crippen molar-refractivity contribution in [3.8, 4) is 0 Å². The SMILES string of the molecule is O=C(Cc1noc2ccccc12)OCC(=O)N(Cc1ccccc1)c1nc2c(s1)CCCC2. The van der Waals surface area contributed by atoms with Crippen LogP contribution in [0.3, 0.4) is 0 Å². The van der Waals surface area contributed by atoms with Crippen molar-refractivity contribution in [3.63, 3.8) is 0 Å². The van der Waals surface area contributed by atoms with Gasteiger partial charge in [0.15, 0.2) is 17.3 Å². The van der Waals surface area contributed by atoms with Gasteiger partial charge in [0, 0.05) is 10.3 Å². The summed E-state index contributed by atoms with van der Waals surface area (Å²) < 4.78 is 10.6. The number of benzene rings is 2. The number of nitrogens with zero attached hydrogens (tertiary/aromatic N) is 3. The highest BCUT2D eigenvalue weighted by Gasteiger charge is 2.25. The summed E-state index contributed by atoms with van der Waals surface area (Å²) in [6, 6.07) is 17.1. The standard InChI is InChI=1S/C25H23N3O4S/c29-23(16-31-24(30)14-20-18-10-4-6-12-21(18)32-27-20)28(15-17-8-2-1-3-9-17)25-26-19-11-5-7-13-22(19)33-25/h1-4,6,8-10,12H,5,7,11,13-16H2. The molecule has 0 spiro atoms. The van der Waals surface area contributed by atoms with E-state index in [1.165, 1.54) is 4.88 Å². The summed E-state index contributed by atoms with van der Waals surface area (Å²) in [6.07, 6.45) is 4.15. The Kier molecular flexibility index (Phi) is 6.17. The van der Waals surface area contributed by atoms with Gasteiger partial charge in [0.2, 0.25) is 0 Å². The molecule has 33 heavy (non-hydrogen) atoms. The maximum absolute atomic E-state index is 13.2. The molecule has 0 aliphatic heterocycles. The fraction of sp³-hybridized carbons (Fsp3) is 0.280. The van der Waals surface area contributed by atoms with E-state index in [1.807, 2.05) is 48.5 Å². The van der Waals surface area contributed by atoms with Crippen molar-refractivity contribution in [3.05, 3.63) is 76.4 Å². The van der Waals surface area contributed by atoms with Crippen LogP contribution in [0.15, 0.2) is 59.1 Å². The summed E-state index contributed by atoms with van der Waals surface area (Å²) >= 11 is 1.56. The van der Waals surface area contributed by atoms with Crippen LogP contribution in [0.1, 0.15) is 34.7 Å². The minimum Gasteiger partial charge on any atom is -0.455 e. The van der Waals surface area contributed by atoms with Crippen molar-refractivity contribution >= 4 is 39.3 Å². The van der Waals surface area contributed by atoms with Crippen molar-refractivity contribution < 1.29 is 18.8 Å². The smallest absolute Gasteiger partial charge is 0.312 e.